The van der Waals surface area contributed by atoms with Crippen molar-refractivity contribution in [1.29, 1.82) is 0 Å². The van der Waals surface area contributed by atoms with Crippen molar-refractivity contribution in [3.05, 3.63) is 76.4 Å². The zero-order chi connectivity index (χ0) is 26.7. The predicted molar refractivity (Wildman–Crippen MR) is 127 cm³/mol. The van der Waals surface area contributed by atoms with Gasteiger partial charge in [-0.25, -0.2) is 0 Å². The highest BCUT2D eigenvalue weighted by atomic mass is 19.4. The van der Waals surface area contributed by atoms with Gasteiger partial charge < -0.3 is 19.4 Å². The van der Waals surface area contributed by atoms with Crippen LogP contribution < -0.4 is 10.2 Å². The van der Waals surface area contributed by atoms with Gasteiger partial charge in [0.15, 0.2) is 0 Å². The lowest BCUT2D eigenvalue weighted by Crippen LogP contribution is -2.49. The van der Waals surface area contributed by atoms with Gasteiger partial charge in [-0.2, -0.15) is 13.2 Å². The Morgan fingerprint density at radius 2 is 2.05 bits per heavy atom. The van der Waals surface area contributed by atoms with Gasteiger partial charge >= 0.3 is 6.18 Å². The zero-order valence-corrected chi connectivity index (χ0v) is 20.4. The molecule has 2 atom stereocenters. The van der Waals surface area contributed by atoms with E-state index in [1.165, 1.54) is 6.07 Å². The van der Waals surface area contributed by atoms with Crippen LogP contribution in [0.25, 0.3) is 0 Å². The third-order valence-corrected chi connectivity index (χ3v) is 7.64. The number of fused-ring (bicyclic) bond motifs is 1. The first-order valence-corrected chi connectivity index (χ1v) is 12.1. The van der Waals surface area contributed by atoms with E-state index in [2.05, 4.69) is 15.5 Å². The van der Waals surface area contributed by atoms with Gasteiger partial charge in [0.05, 0.1) is 18.8 Å². The van der Waals surface area contributed by atoms with E-state index in [-0.39, 0.29) is 23.6 Å². The van der Waals surface area contributed by atoms with Gasteiger partial charge in [-0.15, -0.1) is 10.2 Å². The number of aryl methyl sites for hydroxylation is 1. The summed E-state index contributed by atoms with van der Waals surface area (Å²) in [4.78, 5) is 26.3. The monoisotopic (exact) mass is 527 g/mol. The first-order chi connectivity index (χ1) is 18.2. The van der Waals surface area contributed by atoms with Crippen LogP contribution in [0.15, 0.2) is 42.7 Å². The lowest BCUT2D eigenvalue weighted by atomic mass is 9.75. The van der Waals surface area contributed by atoms with Crippen LogP contribution in [-0.2, 0) is 39.3 Å². The number of anilines is 1. The fourth-order valence-electron chi connectivity index (χ4n) is 5.40. The van der Waals surface area contributed by atoms with Gasteiger partial charge in [0, 0.05) is 41.7 Å². The van der Waals surface area contributed by atoms with E-state index < -0.39 is 29.3 Å². The van der Waals surface area contributed by atoms with Crippen LogP contribution in [0.1, 0.15) is 57.1 Å². The molecule has 6 rings (SSSR count). The number of benzene rings is 2. The number of ether oxygens (including phenoxy) is 2. The highest BCUT2D eigenvalue weighted by Crippen LogP contribution is 2.47. The van der Waals surface area contributed by atoms with Crippen molar-refractivity contribution >= 4 is 18.1 Å². The van der Waals surface area contributed by atoms with E-state index >= 15 is 0 Å². The van der Waals surface area contributed by atoms with Gasteiger partial charge in [-0.3, -0.25) is 14.5 Å². The fourth-order valence-corrected chi connectivity index (χ4v) is 5.40. The molecule has 2 saturated heterocycles. The molecule has 2 unspecified atom stereocenters. The molecule has 2 aromatic carbocycles. The molecule has 0 saturated carbocycles. The Labute approximate surface area is 215 Å². The first-order valence-electron chi connectivity index (χ1n) is 12.1. The first kappa shape index (κ1) is 24.6. The molecule has 38 heavy (non-hydrogen) atoms. The second-order valence-corrected chi connectivity index (χ2v) is 9.94. The molecule has 0 aliphatic carbocycles. The Bertz CT molecular complexity index is 1410. The van der Waals surface area contributed by atoms with Gasteiger partial charge in [0.2, 0.25) is 6.23 Å². The van der Waals surface area contributed by atoms with E-state index in [1.54, 1.807) is 24.5 Å². The minimum atomic E-state index is -4.75. The van der Waals surface area contributed by atoms with E-state index in [4.69, 9.17) is 9.47 Å². The largest absolute Gasteiger partial charge is 0.439 e. The van der Waals surface area contributed by atoms with Crippen molar-refractivity contribution < 1.29 is 32.2 Å². The average molecular weight is 528 g/mol. The topological polar surface area (TPSA) is 98.6 Å². The maximum absolute atomic E-state index is 14.2. The lowest BCUT2D eigenvalue weighted by molar-refractivity contribution is -0.142. The van der Waals surface area contributed by atoms with Crippen molar-refractivity contribution in [2.75, 3.05) is 24.7 Å². The van der Waals surface area contributed by atoms with Crippen molar-refractivity contribution in [2.24, 2.45) is 7.05 Å². The van der Waals surface area contributed by atoms with E-state index in [0.29, 0.717) is 43.9 Å². The Balaban J connectivity index is 1.43. The zero-order valence-electron chi connectivity index (χ0n) is 20.4. The number of amides is 1. The quantitative estimate of drug-likeness (QED) is 0.471. The summed E-state index contributed by atoms with van der Waals surface area (Å²) in [6, 6.07) is 9.22. The summed E-state index contributed by atoms with van der Waals surface area (Å²) in [5.74, 6) is 0.0837. The third-order valence-electron chi connectivity index (χ3n) is 7.64. The SMILES string of the molecule is Cn1cnnc1CC1(c2cccc(N3C(=O)c4cc(C5CCN5)cc(C(F)(F)F)c4C3OC=O)c2)COC1. The smallest absolute Gasteiger partial charge is 0.416 e. The maximum Gasteiger partial charge on any atom is 0.416 e. The maximum atomic E-state index is 14.2. The van der Waals surface area contributed by atoms with Gasteiger partial charge in [0.1, 0.15) is 12.2 Å². The molecular formula is C26H24F3N5O4. The van der Waals surface area contributed by atoms with Crippen LogP contribution in [0, 0.1) is 0 Å². The predicted octanol–water partition coefficient (Wildman–Crippen LogP) is 3.21. The van der Waals surface area contributed by atoms with Gasteiger partial charge in [-0.05, 0) is 48.4 Å². The minimum Gasteiger partial charge on any atom is -0.439 e. The molecule has 198 valence electrons. The van der Waals surface area contributed by atoms with Crippen molar-refractivity contribution in [3.63, 3.8) is 0 Å². The van der Waals surface area contributed by atoms with Crippen LogP contribution in [0.5, 0.6) is 0 Å². The van der Waals surface area contributed by atoms with Crippen molar-refractivity contribution in [2.45, 2.75) is 36.7 Å². The lowest BCUT2D eigenvalue weighted by Gasteiger charge is -2.42. The van der Waals surface area contributed by atoms with Gasteiger partial charge in [-0.1, -0.05) is 12.1 Å². The Kier molecular flexibility index (Phi) is 5.76. The summed E-state index contributed by atoms with van der Waals surface area (Å²) in [6.07, 6.45) is -3.52. The van der Waals surface area contributed by atoms with Crippen LogP contribution >= 0.6 is 0 Å². The Morgan fingerprint density at radius 1 is 1.26 bits per heavy atom. The Hall–Kier alpha value is -3.77. The molecule has 0 spiro atoms. The molecular weight excluding hydrogens is 503 g/mol. The molecule has 3 aliphatic heterocycles. The van der Waals surface area contributed by atoms with Crippen LogP contribution in [0.4, 0.5) is 18.9 Å². The summed E-state index contributed by atoms with van der Waals surface area (Å²) in [5.41, 5.74) is -0.392. The number of aromatic nitrogens is 3. The van der Waals surface area contributed by atoms with Crippen LogP contribution in [0.2, 0.25) is 0 Å². The van der Waals surface area contributed by atoms with Crippen molar-refractivity contribution in [3.8, 4) is 0 Å². The summed E-state index contributed by atoms with van der Waals surface area (Å²) in [5, 5.41) is 11.2. The number of nitrogens with zero attached hydrogens (tertiary/aromatic N) is 4. The molecule has 1 aromatic heterocycles. The summed E-state index contributed by atoms with van der Waals surface area (Å²) in [7, 11) is 1.84. The number of rotatable bonds is 7. The molecule has 0 radical (unpaired) electrons. The highest BCUT2D eigenvalue weighted by molar-refractivity contribution is 6.11. The number of carbonyl (C=O) groups is 2. The molecule has 1 amide bonds. The molecule has 3 aromatic rings. The molecule has 2 fully saturated rings. The minimum absolute atomic E-state index is 0.0702. The number of nitrogens with one attached hydrogen (secondary N) is 1. The normalized spacial score (nSPS) is 22.0. The summed E-state index contributed by atoms with van der Waals surface area (Å²) >= 11 is 0. The van der Waals surface area contributed by atoms with Crippen molar-refractivity contribution in [1.82, 2.24) is 20.1 Å². The van der Waals surface area contributed by atoms with E-state index in [1.807, 2.05) is 17.7 Å². The van der Waals surface area contributed by atoms with E-state index in [9.17, 15) is 22.8 Å². The average Bonchev–Trinajstić information content (AvgIpc) is 3.34. The molecule has 4 heterocycles. The van der Waals surface area contributed by atoms with Gasteiger partial charge in [0.25, 0.3) is 12.4 Å². The third kappa shape index (κ3) is 3.86. The summed E-state index contributed by atoms with van der Waals surface area (Å²) < 4.78 is 55.3. The molecule has 3 aliphatic rings. The number of hydrogen-bond acceptors (Lipinski definition) is 7. The number of halogens is 3. The second kappa shape index (κ2) is 8.91. The standard InChI is InChI=1S/C26H24F3N5O4/c1-33-13-31-32-21(33)10-25(11-37-12-25)16-3-2-4-17(9-16)34-23(36)18-7-15(20-5-6-30-20)8-19(26(27,28)29)22(18)24(34)38-14-35/h2-4,7-9,13-14,20,24,30H,5-6,10-12H2,1H3. The highest BCUT2D eigenvalue weighted by Gasteiger charge is 2.48. The number of alkyl halides is 3. The van der Waals surface area contributed by atoms with E-state index in [0.717, 1.165) is 22.4 Å². The Morgan fingerprint density at radius 3 is 2.63 bits per heavy atom. The molecule has 9 nitrogen and oxygen atoms in total. The number of hydrogen-bond donors (Lipinski definition) is 1. The van der Waals surface area contributed by atoms with Crippen LogP contribution in [-0.4, -0.2) is 46.9 Å². The second-order valence-electron chi connectivity index (χ2n) is 9.94. The molecule has 12 heteroatoms. The van der Waals surface area contributed by atoms with Crippen LogP contribution in [0.3, 0.4) is 0 Å². The number of carbonyl (C=O) groups excluding carboxylic acids is 2. The summed E-state index contributed by atoms with van der Waals surface area (Å²) in [6.45, 7) is 1.57. The molecule has 1 N–H and O–H groups in total. The fraction of sp³-hybridized carbons (Fsp3) is 0.385. The molecule has 0 bridgehead atoms.